The molecule has 8 nitrogen and oxygen atoms in total. The van der Waals surface area contributed by atoms with Crippen LogP contribution < -0.4 is 10.1 Å². The van der Waals surface area contributed by atoms with Crippen LogP contribution in [0.4, 0.5) is 11.4 Å². The third-order valence-electron chi connectivity index (χ3n) is 3.70. The van der Waals surface area contributed by atoms with Crippen LogP contribution in [-0.4, -0.2) is 33.9 Å². The van der Waals surface area contributed by atoms with Crippen molar-refractivity contribution in [3.8, 4) is 17.0 Å². The zero-order valence-corrected chi connectivity index (χ0v) is 15.7. The molecule has 28 heavy (non-hydrogen) atoms. The number of aromatic nitrogens is 2. The Hall–Kier alpha value is -3.46. The van der Waals surface area contributed by atoms with E-state index in [-0.39, 0.29) is 17.3 Å². The molecule has 1 aromatic heterocycles. The van der Waals surface area contributed by atoms with Gasteiger partial charge in [-0.15, -0.1) is 10.2 Å². The highest BCUT2D eigenvalue weighted by molar-refractivity contribution is 7.99. The lowest BCUT2D eigenvalue weighted by molar-refractivity contribution is -0.384. The molecule has 0 atom stereocenters. The van der Waals surface area contributed by atoms with E-state index in [4.69, 9.17) is 4.74 Å². The predicted octanol–water partition coefficient (Wildman–Crippen LogP) is 3.79. The van der Waals surface area contributed by atoms with Crippen LogP contribution >= 0.6 is 11.8 Å². The molecule has 0 radical (unpaired) electrons. The van der Waals surface area contributed by atoms with E-state index in [1.807, 2.05) is 0 Å². The lowest BCUT2D eigenvalue weighted by Gasteiger charge is -2.07. The number of benzene rings is 2. The van der Waals surface area contributed by atoms with Crippen molar-refractivity contribution in [2.75, 3.05) is 18.2 Å². The summed E-state index contributed by atoms with van der Waals surface area (Å²) in [6.45, 7) is 0. The summed E-state index contributed by atoms with van der Waals surface area (Å²) < 4.78 is 5.12. The smallest absolute Gasteiger partial charge is 0.270 e. The minimum Gasteiger partial charge on any atom is -0.497 e. The van der Waals surface area contributed by atoms with Gasteiger partial charge in [-0.3, -0.25) is 14.9 Å². The maximum absolute atomic E-state index is 12.1. The first-order valence-corrected chi connectivity index (χ1v) is 9.19. The van der Waals surface area contributed by atoms with E-state index in [1.165, 1.54) is 23.9 Å². The molecule has 0 fully saturated rings. The maximum Gasteiger partial charge on any atom is 0.270 e. The van der Waals surface area contributed by atoms with Gasteiger partial charge in [0.2, 0.25) is 5.91 Å². The fraction of sp³-hybridized carbons (Fsp3) is 0.105. The summed E-state index contributed by atoms with van der Waals surface area (Å²) >= 11 is 1.24. The number of anilines is 1. The SMILES string of the molecule is COc1cccc(NC(=O)CSc2ccc(-c3cccc([N+](=O)[O-])c3)nn2)c1. The lowest BCUT2D eigenvalue weighted by atomic mass is 10.1. The normalized spacial score (nSPS) is 10.3. The standard InChI is InChI=1S/C19H16N4O4S/c1-27-16-7-3-5-14(11-16)20-18(24)12-28-19-9-8-17(21-22-19)13-4-2-6-15(10-13)23(25)26/h2-11H,12H2,1H3,(H,20,24). The lowest BCUT2D eigenvalue weighted by Crippen LogP contribution is -2.14. The highest BCUT2D eigenvalue weighted by Crippen LogP contribution is 2.23. The van der Waals surface area contributed by atoms with Crippen molar-refractivity contribution in [3.05, 3.63) is 70.8 Å². The number of amides is 1. The van der Waals surface area contributed by atoms with Crippen LogP contribution in [-0.2, 0) is 4.79 Å². The van der Waals surface area contributed by atoms with Crippen molar-refractivity contribution < 1.29 is 14.5 Å². The summed E-state index contributed by atoms with van der Waals surface area (Å²) in [5.74, 6) is 0.651. The van der Waals surface area contributed by atoms with Crippen LogP contribution in [0.25, 0.3) is 11.3 Å². The Labute approximate surface area is 165 Å². The Bertz CT molecular complexity index is 995. The molecule has 9 heteroatoms. The van der Waals surface area contributed by atoms with E-state index in [1.54, 1.807) is 55.6 Å². The van der Waals surface area contributed by atoms with Gasteiger partial charge in [-0.05, 0) is 24.3 Å². The number of hydrogen-bond donors (Lipinski definition) is 1. The van der Waals surface area contributed by atoms with Crippen LogP contribution in [0.15, 0.2) is 65.7 Å². The van der Waals surface area contributed by atoms with Crippen molar-refractivity contribution in [2.45, 2.75) is 5.03 Å². The zero-order chi connectivity index (χ0) is 19.9. The van der Waals surface area contributed by atoms with Gasteiger partial charge >= 0.3 is 0 Å². The number of nitro groups is 1. The van der Waals surface area contributed by atoms with Gasteiger partial charge in [-0.25, -0.2) is 0 Å². The van der Waals surface area contributed by atoms with Gasteiger partial charge in [0.1, 0.15) is 10.8 Å². The van der Waals surface area contributed by atoms with Gasteiger partial charge < -0.3 is 10.1 Å². The number of ether oxygens (including phenoxy) is 1. The minimum atomic E-state index is -0.456. The second kappa shape index (κ2) is 8.96. The molecule has 1 heterocycles. The van der Waals surface area contributed by atoms with Crippen molar-refractivity contribution in [3.63, 3.8) is 0 Å². The molecule has 0 saturated heterocycles. The number of nitro benzene ring substituents is 1. The molecule has 0 aliphatic carbocycles. The van der Waals surface area contributed by atoms with E-state index in [0.29, 0.717) is 27.7 Å². The van der Waals surface area contributed by atoms with Gasteiger partial charge in [0.05, 0.1) is 23.5 Å². The maximum atomic E-state index is 12.1. The Kier molecular flexibility index (Phi) is 6.18. The number of non-ortho nitro benzene ring substituents is 1. The van der Waals surface area contributed by atoms with Crippen molar-refractivity contribution in [1.82, 2.24) is 10.2 Å². The molecular formula is C19H16N4O4S. The highest BCUT2D eigenvalue weighted by Gasteiger charge is 2.10. The van der Waals surface area contributed by atoms with Crippen LogP contribution in [0, 0.1) is 10.1 Å². The number of thioether (sulfide) groups is 1. The zero-order valence-electron chi connectivity index (χ0n) is 14.9. The fourth-order valence-corrected chi connectivity index (χ4v) is 2.98. The van der Waals surface area contributed by atoms with Crippen LogP contribution in [0.5, 0.6) is 5.75 Å². The van der Waals surface area contributed by atoms with Gasteiger partial charge in [0.25, 0.3) is 5.69 Å². The summed E-state index contributed by atoms with van der Waals surface area (Å²) in [6, 6.07) is 16.7. The molecule has 0 spiro atoms. The highest BCUT2D eigenvalue weighted by atomic mass is 32.2. The molecule has 2 aromatic carbocycles. The average molecular weight is 396 g/mol. The van der Waals surface area contributed by atoms with E-state index in [0.717, 1.165) is 0 Å². The largest absolute Gasteiger partial charge is 0.497 e. The number of rotatable bonds is 7. The van der Waals surface area contributed by atoms with E-state index in [2.05, 4.69) is 15.5 Å². The first-order chi connectivity index (χ1) is 13.5. The molecule has 3 aromatic rings. The molecule has 142 valence electrons. The third-order valence-corrected chi connectivity index (χ3v) is 4.62. The minimum absolute atomic E-state index is 0.00744. The van der Waals surface area contributed by atoms with Gasteiger partial charge in [-0.1, -0.05) is 30.0 Å². The van der Waals surface area contributed by atoms with Crippen LogP contribution in [0.2, 0.25) is 0 Å². The molecule has 0 aliphatic heterocycles. The first kappa shape index (κ1) is 19.3. The summed E-state index contributed by atoms with van der Waals surface area (Å²) in [4.78, 5) is 22.5. The Balaban J connectivity index is 1.59. The monoisotopic (exact) mass is 396 g/mol. The number of carbonyl (C=O) groups is 1. The number of methoxy groups -OCH3 is 1. The molecule has 0 bridgehead atoms. The molecule has 1 amide bonds. The summed E-state index contributed by atoms with van der Waals surface area (Å²) in [6.07, 6.45) is 0. The topological polar surface area (TPSA) is 107 Å². The third kappa shape index (κ3) is 5.04. The molecule has 0 saturated carbocycles. The summed E-state index contributed by atoms with van der Waals surface area (Å²) in [5.41, 5.74) is 1.77. The second-order valence-electron chi connectivity index (χ2n) is 5.63. The van der Waals surface area contributed by atoms with E-state index >= 15 is 0 Å². The van der Waals surface area contributed by atoms with Gasteiger partial charge in [0, 0.05) is 29.4 Å². The fourth-order valence-electron chi connectivity index (χ4n) is 2.37. The Morgan fingerprint density at radius 1 is 1.14 bits per heavy atom. The summed E-state index contributed by atoms with van der Waals surface area (Å²) in [7, 11) is 1.56. The van der Waals surface area contributed by atoms with Gasteiger partial charge in [0.15, 0.2) is 0 Å². The quantitative estimate of drug-likeness (QED) is 0.368. The average Bonchev–Trinajstić information content (AvgIpc) is 2.73. The molecule has 1 N–H and O–H groups in total. The van der Waals surface area contributed by atoms with Crippen LogP contribution in [0.3, 0.4) is 0 Å². The van der Waals surface area contributed by atoms with Crippen LogP contribution in [0.1, 0.15) is 0 Å². The second-order valence-corrected chi connectivity index (χ2v) is 6.63. The predicted molar refractivity (Wildman–Crippen MR) is 106 cm³/mol. The van der Waals surface area contributed by atoms with Gasteiger partial charge in [-0.2, -0.15) is 0 Å². The molecule has 3 rings (SSSR count). The van der Waals surface area contributed by atoms with E-state index < -0.39 is 4.92 Å². The van der Waals surface area contributed by atoms with E-state index in [9.17, 15) is 14.9 Å². The number of carbonyl (C=O) groups excluding carboxylic acids is 1. The number of nitrogens with zero attached hydrogens (tertiary/aromatic N) is 3. The number of nitrogens with one attached hydrogen (secondary N) is 1. The molecular weight excluding hydrogens is 380 g/mol. The first-order valence-electron chi connectivity index (χ1n) is 8.20. The molecule has 0 aliphatic rings. The number of hydrogen-bond acceptors (Lipinski definition) is 7. The Morgan fingerprint density at radius 3 is 2.68 bits per heavy atom. The molecule has 0 unspecified atom stereocenters. The Morgan fingerprint density at radius 2 is 1.96 bits per heavy atom. The van der Waals surface area contributed by atoms with Crippen molar-refractivity contribution in [2.24, 2.45) is 0 Å². The van der Waals surface area contributed by atoms with Crippen molar-refractivity contribution in [1.29, 1.82) is 0 Å². The summed E-state index contributed by atoms with van der Waals surface area (Å²) in [5, 5.41) is 22.4. The van der Waals surface area contributed by atoms with Crippen molar-refractivity contribution >= 4 is 29.0 Å².